The Labute approximate surface area is 157 Å². The number of aromatic nitrogens is 2. The van der Waals surface area contributed by atoms with Gasteiger partial charge in [-0.15, -0.1) is 0 Å². The minimum absolute atomic E-state index is 0.0356. The molecule has 6 heteroatoms. The van der Waals surface area contributed by atoms with Crippen molar-refractivity contribution in [1.82, 2.24) is 15.3 Å². The zero-order valence-electron chi connectivity index (χ0n) is 15.3. The molecule has 1 heterocycles. The van der Waals surface area contributed by atoms with Crippen molar-refractivity contribution < 1.29 is 9.53 Å². The van der Waals surface area contributed by atoms with Gasteiger partial charge in [-0.3, -0.25) is 9.59 Å². The number of hydrogen-bond acceptors (Lipinski definition) is 4. The normalized spacial score (nSPS) is 10.7. The number of nitrogens with zero attached hydrogens (tertiary/aromatic N) is 1. The fourth-order valence-electron chi connectivity index (χ4n) is 2.83. The van der Waals surface area contributed by atoms with Gasteiger partial charge in [-0.1, -0.05) is 30.3 Å². The summed E-state index contributed by atoms with van der Waals surface area (Å²) in [5, 5.41) is 3.42. The fourth-order valence-corrected chi connectivity index (χ4v) is 2.83. The Hall–Kier alpha value is -3.15. The molecule has 0 saturated heterocycles. The molecule has 0 spiro atoms. The van der Waals surface area contributed by atoms with Crippen molar-refractivity contribution in [2.24, 2.45) is 0 Å². The quantitative estimate of drug-likeness (QED) is 0.601. The second-order valence-electron chi connectivity index (χ2n) is 6.35. The Bertz CT molecular complexity index is 982. The van der Waals surface area contributed by atoms with Gasteiger partial charge in [0.15, 0.2) is 0 Å². The monoisotopic (exact) mass is 365 g/mol. The van der Waals surface area contributed by atoms with Crippen LogP contribution >= 0.6 is 0 Å². The first-order valence-corrected chi connectivity index (χ1v) is 9.06. The highest BCUT2D eigenvalue weighted by atomic mass is 16.5. The molecule has 3 aromatic rings. The zero-order chi connectivity index (χ0) is 19.1. The van der Waals surface area contributed by atoms with Crippen LogP contribution < -0.4 is 15.6 Å². The maximum atomic E-state index is 12.0. The third kappa shape index (κ3) is 5.17. The maximum absolute atomic E-state index is 12.0. The highest BCUT2D eigenvalue weighted by Crippen LogP contribution is 2.15. The van der Waals surface area contributed by atoms with Crippen LogP contribution in [0.25, 0.3) is 10.9 Å². The summed E-state index contributed by atoms with van der Waals surface area (Å²) in [6.45, 7) is 2.87. The molecule has 1 aromatic heterocycles. The predicted octanol–water partition coefficient (Wildman–Crippen LogP) is 2.75. The van der Waals surface area contributed by atoms with Crippen molar-refractivity contribution in [2.45, 2.75) is 26.2 Å². The topological polar surface area (TPSA) is 84.1 Å². The summed E-state index contributed by atoms with van der Waals surface area (Å²) in [5.41, 5.74) is 1.60. The number of carbonyl (C=O) groups excluding carboxylic acids is 1. The van der Waals surface area contributed by atoms with Crippen molar-refractivity contribution in [1.29, 1.82) is 0 Å². The second-order valence-corrected chi connectivity index (χ2v) is 6.35. The second kappa shape index (κ2) is 8.98. The molecular weight excluding hydrogens is 342 g/mol. The number of fused-ring (bicyclic) bond motifs is 1. The van der Waals surface area contributed by atoms with Crippen LogP contribution in [0.15, 0.2) is 53.3 Å². The molecule has 0 atom stereocenters. The van der Waals surface area contributed by atoms with E-state index in [2.05, 4.69) is 15.3 Å². The van der Waals surface area contributed by atoms with E-state index in [1.54, 1.807) is 6.07 Å². The van der Waals surface area contributed by atoms with Crippen molar-refractivity contribution in [3.05, 3.63) is 70.3 Å². The number of nitrogens with one attached hydrogen (secondary N) is 2. The van der Waals surface area contributed by atoms with Crippen LogP contribution in [0, 0.1) is 6.92 Å². The van der Waals surface area contributed by atoms with Crippen LogP contribution in [0.2, 0.25) is 0 Å². The van der Waals surface area contributed by atoms with Gasteiger partial charge in [0.05, 0.1) is 17.4 Å². The largest absolute Gasteiger partial charge is 0.491 e. The fraction of sp³-hybridized carbons (Fsp3) is 0.286. The van der Waals surface area contributed by atoms with E-state index in [1.165, 1.54) is 0 Å². The molecule has 1 amide bonds. The van der Waals surface area contributed by atoms with Crippen LogP contribution in [0.3, 0.4) is 0 Å². The van der Waals surface area contributed by atoms with Gasteiger partial charge in [0, 0.05) is 12.8 Å². The standard InChI is InChI=1S/C21H23N3O3/c1-15-7-2-5-10-18(15)27-14-13-22-20(25)12-6-11-19-23-17-9-4-3-8-16(17)21(26)24-19/h2-5,7-10H,6,11-14H2,1H3,(H,22,25)(H,23,24,26). The SMILES string of the molecule is Cc1ccccc1OCCNC(=O)CCCc1nc2ccccc2c(=O)[nH]1. The summed E-state index contributed by atoms with van der Waals surface area (Å²) in [6.07, 6.45) is 1.54. The molecule has 0 saturated carbocycles. The molecule has 0 radical (unpaired) electrons. The number of ether oxygens (including phenoxy) is 1. The van der Waals surface area contributed by atoms with Crippen LogP contribution in [0.4, 0.5) is 0 Å². The summed E-state index contributed by atoms with van der Waals surface area (Å²) in [6, 6.07) is 15.0. The number of carbonyl (C=O) groups is 1. The van der Waals surface area contributed by atoms with Crippen molar-refractivity contribution in [2.75, 3.05) is 13.2 Å². The number of rotatable bonds is 8. The van der Waals surface area contributed by atoms with Gasteiger partial charge >= 0.3 is 0 Å². The lowest BCUT2D eigenvalue weighted by molar-refractivity contribution is -0.121. The molecule has 27 heavy (non-hydrogen) atoms. The van der Waals surface area contributed by atoms with Gasteiger partial charge in [0.1, 0.15) is 18.2 Å². The molecular formula is C21H23N3O3. The van der Waals surface area contributed by atoms with Gasteiger partial charge in [-0.25, -0.2) is 4.98 Å². The number of benzene rings is 2. The first-order valence-electron chi connectivity index (χ1n) is 9.06. The Balaban J connectivity index is 1.40. The van der Waals surface area contributed by atoms with Crippen LogP contribution in [-0.4, -0.2) is 29.0 Å². The lowest BCUT2D eigenvalue weighted by atomic mass is 10.2. The van der Waals surface area contributed by atoms with Crippen LogP contribution in [0.1, 0.15) is 24.2 Å². The number of aromatic amines is 1. The molecule has 0 fully saturated rings. The Morgan fingerprint density at radius 3 is 2.78 bits per heavy atom. The van der Waals surface area contributed by atoms with Gasteiger partial charge in [0.2, 0.25) is 5.91 Å². The van der Waals surface area contributed by atoms with E-state index in [9.17, 15) is 9.59 Å². The van der Waals surface area contributed by atoms with Gasteiger partial charge < -0.3 is 15.0 Å². The molecule has 0 aliphatic heterocycles. The van der Waals surface area contributed by atoms with Crippen molar-refractivity contribution >= 4 is 16.8 Å². The molecule has 6 nitrogen and oxygen atoms in total. The summed E-state index contributed by atoms with van der Waals surface area (Å²) < 4.78 is 5.65. The Morgan fingerprint density at radius 1 is 1.15 bits per heavy atom. The number of hydrogen-bond donors (Lipinski definition) is 2. The van der Waals surface area contributed by atoms with Gasteiger partial charge in [0.25, 0.3) is 5.56 Å². The van der Waals surface area contributed by atoms with Gasteiger partial charge in [-0.2, -0.15) is 0 Å². The van der Waals surface area contributed by atoms with Crippen molar-refractivity contribution in [3.8, 4) is 5.75 Å². The molecule has 3 rings (SSSR count). The summed E-state index contributed by atoms with van der Waals surface area (Å²) in [5.74, 6) is 1.40. The number of H-pyrrole nitrogens is 1. The lowest BCUT2D eigenvalue weighted by Crippen LogP contribution is -2.28. The minimum atomic E-state index is -0.145. The molecule has 0 aliphatic carbocycles. The van der Waals surface area contributed by atoms with E-state index in [-0.39, 0.29) is 11.5 Å². The number of aryl methyl sites for hydroxylation is 2. The van der Waals surface area contributed by atoms with Gasteiger partial charge in [-0.05, 0) is 37.1 Å². The molecule has 0 bridgehead atoms. The Morgan fingerprint density at radius 2 is 1.93 bits per heavy atom. The zero-order valence-corrected chi connectivity index (χ0v) is 15.3. The first kappa shape index (κ1) is 18.6. The van der Waals surface area contributed by atoms with E-state index in [4.69, 9.17) is 4.74 Å². The maximum Gasteiger partial charge on any atom is 0.258 e. The third-order valence-corrected chi connectivity index (χ3v) is 4.25. The summed E-state index contributed by atoms with van der Waals surface area (Å²) >= 11 is 0. The molecule has 2 N–H and O–H groups in total. The summed E-state index contributed by atoms with van der Waals surface area (Å²) in [7, 11) is 0. The molecule has 2 aromatic carbocycles. The smallest absolute Gasteiger partial charge is 0.258 e. The average Bonchev–Trinajstić information content (AvgIpc) is 2.67. The minimum Gasteiger partial charge on any atom is -0.491 e. The molecule has 140 valence electrons. The van der Waals surface area contributed by atoms with E-state index in [0.717, 1.165) is 11.3 Å². The number of amides is 1. The van der Waals surface area contributed by atoms with E-state index < -0.39 is 0 Å². The highest BCUT2D eigenvalue weighted by Gasteiger charge is 2.06. The third-order valence-electron chi connectivity index (χ3n) is 4.25. The number of para-hydroxylation sites is 2. The predicted molar refractivity (Wildman–Crippen MR) is 105 cm³/mol. The lowest BCUT2D eigenvalue weighted by Gasteiger charge is -2.09. The van der Waals surface area contributed by atoms with Crippen LogP contribution in [0.5, 0.6) is 5.75 Å². The van der Waals surface area contributed by atoms with Crippen LogP contribution in [-0.2, 0) is 11.2 Å². The average molecular weight is 365 g/mol. The van der Waals surface area contributed by atoms with Crippen molar-refractivity contribution in [3.63, 3.8) is 0 Å². The molecule has 0 unspecified atom stereocenters. The molecule has 0 aliphatic rings. The Kier molecular flexibility index (Phi) is 6.20. The van der Waals surface area contributed by atoms with E-state index in [0.29, 0.717) is 49.1 Å². The summed E-state index contributed by atoms with van der Waals surface area (Å²) in [4.78, 5) is 31.2. The van der Waals surface area contributed by atoms with E-state index in [1.807, 2.05) is 49.4 Å². The van der Waals surface area contributed by atoms with E-state index >= 15 is 0 Å². The highest BCUT2D eigenvalue weighted by molar-refractivity contribution is 5.77. The first-order chi connectivity index (χ1) is 13.1.